The molecule has 1 aliphatic rings. The molecule has 126 valence electrons. The molecule has 1 fully saturated rings. The van der Waals surface area contributed by atoms with Gasteiger partial charge in [-0.2, -0.15) is 0 Å². The summed E-state index contributed by atoms with van der Waals surface area (Å²) in [7, 11) is 0. The van der Waals surface area contributed by atoms with Gasteiger partial charge in [-0.1, -0.05) is 11.8 Å². The Kier molecular flexibility index (Phi) is 3.49. The maximum atomic E-state index is 12.6. The van der Waals surface area contributed by atoms with E-state index in [-0.39, 0.29) is 5.56 Å². The summed E-state index contributed by atoms with van der Waals surface area (Å²) in [6.45, 7) is 0. The zero-order valence-corrected chi connectivity index (χ0v) is 14.6. The Morgan fingerprint density at radius 2 is 2.36 bits per heavy atom. The smallest absolute Gasteiger partial charge is 0.260 e. The number of nitrogens with zero attached hydrogens (tertiary/aromatic N) is 4. The molecule has 0 amide bonds. The van der Waals surface area contributed by atoms with Crippen molar-refractivity contribution in [2.75, 3.05) is 0 Å². The minimum absolute atomic E-state index is 0.142. The number of thiophene rings is 1. The highest BCUT2D eigenvalue weighted by molar-refractivity contribution is 7.98. The summed E-state index contributed by atoms with van der Waals surface area (Å²) in [5.41, 5.74) is 0.642. The molecule has 0 radical (unpaired) electrons. The average Bonchev–Trinajstić information content (AvgIpc) is 3.05. The normalized spacial score (nSPS) is 14.4. The van der Waals surface area contributed by atoms with E-state index in [1.807, 2.05) is 17.5 Å². The van der Waals surface area contributed by atoms with Crippen LogP contribution in [0, 0.1) is 0 Å². The third-order valence-electron chi connectivity index (χ3n) is 4.10. The molecule has 0 saturated heterocycles. The Bertz CT molecular complexity index is 1090. The van der Waals surface area contributed by atoms with Crippen LogP contribution in [-0.2, 0) is 5.75 Å². The van der Waals surface area contributed by atoms with Gasteiger partial charge in [-0.25, -0.2) is 4.98 Å². The number of fused-ring (bicyclic) bond motifs is 1. The Morgan fingerprint density at radius 3 is 3.16 bits per heavy atom. The minimum atomic E-state index is -0.142. The molecule has 0 atom stereocenters. The fourth-order valence-corrected chi connectivity index (χ4v) is 4.55. The lowest BCUT2D eigenvalue weighted by molar-refractivity contribution is 0.583. The van der Waals surface area contributed by atoms with Crippen LogP contribution in [0.1, 0.15) is 24.7 Å². The average molecular weight is 371 g/mol. The lowest BCUT2D eigenvalue weighted by atomic mass is 10.2. The van der Waals surface area contributed by atoms with Crippen molar-refractivity contribution in [3.63, 3.8) is 0 Å². The summed E-state index contributed by atoms with van der Waals surface area (Å²) >= 11 is 2.99. The SMILES string of the molecule is O=c1[nH]c(CSc2nncn2C2CC2)nc2scc(-c3ccco3)c12. The van der Waals surface area contributed by atoms with Gasteiger partial charge in [0, 0.05) is 17.0 Å². The molecule has 25 heavy (non-hydrogen) atoms. The number of aromatic amines is 1. The molecule has 1 aliphatic carbocycles. The van der Waals surface area contributed by atoms with E-state index in [1.54, 1.807) is 12.6 Å². The summed E-state index contributed by atoms with van der Waals surface area (Å²) in [6.07, 6.45) is 5.73. The number of hydrogen-bond donors (Lipinski definition) is 1. The van der Waals surface area contributed by atoms with E-state index in [0.29, 0.717) is 28.8 Å². The molecule has 4 aromatic rings. The second-order valence-electron chi connectivity index (χ2n) is 5.86. The number of rotatable bonds is 5. The summed E-state index contributed by atoms with van der Waals surface area (Å²) in [4.78, 5) is 20.8. The standard InChI is InChI=1S/C16H13N5O2S2/c22-14-13-10(11-2-1-5-23-11)6-24-15(13)19-12(18-14)7-25-16-20-17-8-21(16)9-3-4-9/h1-2,5-6,8-9H,3-4,7H2,(H,18,19,22). The molecule has 0 bridgehead atoms. The van der Waals surface area contributed by atoms with E-state index in [1.165, 1.54) is 35.9 Å². The van der Waals surface area contributed by atoms with Crippen LogP contribution < -0.4 is 5.56 Å². The van der Waals surface area contributed by atoms with Gasteiger partial charge in [0.2, 0.25) is 0 Å². The van der Waals surface area contributed by atoms with Crippen LogP contribution >= 0.6 is 23.1 Å². The fraction of sp³-hybridized carbons (Fsp3) is 0.250. The van der Waals surface area contributed by atoms with Crippen molar-refractivity contribution in [3.05, 3.63) is 46.3 Å². The Labute approximate surface area is 150 Å². The van der Waals surface area contributed by atoms with Crippen molar-refractivity contribution >= 4 is 33.3 Å². The quantitative estimate of drug-likeness (QED) is 0.540. The number of H-pyrrole nitrogens is 1. The lowest BCUT2D eigenvalue weighted by Crippen LogP contribution is -2.10. The topological polar surface area (TPSA) is 89.6 Å². The molecule has 5 rings (SSSR count). The Hall–Kier alpha value is -2.39. The highest BCUT2D eigenvalue weighted by atomic mass is 32.2. The molecular weight excluding hydrogens is 358 g/mol. The van der Waals surface area contributed by atoms with E-state index in [4.69, 9.17) is 4.42 Å². The van der Waals surface area contributed by atoms with Crippen molar-refractivity contribution in [1.29, 1.82) is 0 Å². The molecule has 0 unspecified atom stereocenters. The van der Waals surface area contributed by atoms with Crippen molar-refractivity contribution in [3.8, 4) is 11.3 Å². The van der Waals surface area contributed by atoms with Gasteiger partial charge in [-0.15, -0.1) is 21.5 Å². The highest BCUT2D eigenvalue weighted by Crippen LogP contribution is 2.37. The van der Waals surface area contributed by atoms with Gasteiger partial charge in [0.15, 0.2) is 5.16 Å². The van der Waals surface area contributed by atoms with Crippen LogP contribution in [0.15, 0.2) is 44.5 Å². The number of furan rings is 1. The number of thioether (sulfide) groups is 1. The van der Waals surface area contributed by atoms with Crippen molar-refractivity contribution < 1.29 is 4.42 Å². The minimum Gasteiger partial charge on any atom is -0.464 e. The number of hydrogen-bond acceptors (Lipinski definition) is 7. The molecule has 0 spiro atoms. The van der Waals surface area contributed by atoms with Crippen LogP contribution in [0.3, 0.4) is 0 Å². The predicted octanol–water partition coefficient (Wildman–Crippen LogP) is 3.46. The van der Waals surface area contributed by atoms with Gasteiger partial charge in [0.1, 0.15) is 22.7 Å². The predicted molar refractivity (Wildman–Crippen MR) is 95.8 cm³/mol. The summed E-state index contributed by atoms with van der Waals surface area (Å²) in [5, 5.41) is 11.5. The van der Waals surface area contributed by atoms with Crippen LogP contribution in [0.25, 0.3) is 21.5 Å². The molecule has 7 nitrogen and oxygen atoms in total. The van der Waals surface area contributed by atoms with Gasteiger partial charge in [0.25, 0.3) is 5.56 Å². The van der Waals surface area contributed by atoms with Crippen LogP contribution in [0.2, 0.25) is 0 Å². The van der Waals surface area contributed by atoms with E-state index >= 15 is 0 Å². The van der Waals surface area contributed by atoms with Crippen LogP contribution in [0.5, 0.6) is 0 Å². The number of aromatic nitrogens is 5. The van der Waals surface area contributed by atoms with Gasteiger partial charge >= 0.3 is 0 Å². The van der Waals surface area contributed by atoms with E-state index in [0.717, 1.165) is 15.6 Å². The number of nitrogens with one attached hydrogen (secondary N) is 1. The molecule has 4 aromatic heterocycles. The van der Waals surface area contributed by atoms with Crippen molar-refractivity contribution in [2.45, 2.75) is 29.8 Å². The second-order valence-corrected chi connectivity index (χ2v) is 7.66. The summed E-state index contributed by atoms with van der Waals surface area (Å²) in [5.74, 6) is 1.86. The maximum absolute atomic E-state index is 12.6. The summed E-state index contributed by atoms with van der Waals surface area (Å²) < 4.78 is 7.51. The van der Waals surface area contributed by atoms with Gasteiger partial charge in [-0.05, 0) is 25.0 Å². The molecule has 0 aliphatic heterocycles. The zero-order chi connectivity index (χ0) is 16.8. The van der Waals surface area contributed by atoms with E-state index in [2.05, 4.69) is 24.7 Å². The third-order valence-corrected chi connectivity index (χ3v) is 5.94. The monoisotopic (exact) mass is 371 g/mol. The third kappa shape index (κ3) is 2.69. The molecule has 1 N–H and O–H groups in total. The van der Waals surface area contributed by atoms with Crippen LogP contribution in [0.4, 0.5) is 0 Å². The maximum Gasteiger partial charge on any atom is 0.260 e. The Morgan fingerprint density at radius 1 is 1.44 bits per heavy atom. The first-order valence-electron chi connectivity index (χ1n) is 7.86. The molecule has 4 heterocycles. The first-order chi connectivity index (χ1) is 12.3. The van der Waals surface area contributed by atoms with E-state index in [9.17, 15) is 4.79 Å². The first-order valence-corrected chi connectivity index (χ1v) is 9.72. The molecule has 1 saturated carbocycles. The lowest BCUT2D eigenvalue weighted by Gasteiger charge is -2.04. The highest BCUT2D eigenvalue weighted by Gasteiger charge is 2.26. The molecular formula is C16H13N5O2S2. The van der Waals surface area contributed by atoms with E-state index < -0.39 is 0 Å². The van der Waals surface area contributed by atoms with Crippen LogP contribution in [-0.4, -0.2) is 24.7 Å². The summed E-state index contributed by atoms with van der Waals surface area (Å²) in [6, 6.07) is 4.18. The second kappa shape index (κ2) is 5.85. The Balaban J connectivity index is 1.45. The van der Waals surface area contributed by atoms with Crippen molar-refractivity contribution in [2.24, 2.45) is 0 Å². The fourth-order valence-electron chi connectivity index (χ4n) is 2.75. The van der Waals surface area contributed by atoms with Gasteiger partial charge in [-0.3, -0.25) is 4.79 Å². The largest absolute Gasteiger partial charge is 0.464 e. The molecule has 0 aromatic carbocycles. The van der Waals surface area contributed by atoms with Crippen molar-refractivity contribution in [1.82, 2.24) is 24.7 Å². The zero-order valence-electron chi connectivity index (χ0n) is 13.0. The molecule has 9 heteroatoms. The van der Waals surface area contributed by atoms with Gasteiger partial charge in [0.05, 0.1) is 17.4 Å². The first kappa shape index (κ1) is 14.9. The van der Waals surface area contributed by atoms with Gasteiger partial charge < -0.3 is 14.0 Å².